The van der Waals surface area contributed by atoms with Gasteiger partial charge >= 0.3 is 0 Å². The van der Waals surface area contributed by atoms with Crippen LogP contribution in [0.15, 0.2) is 0 Å². The van der Waals surface area contributed by atoms with E-state index in [1.807, 2.05) is 0 Å². The van der Waals surface area contributed by atoms with Gasteiger partial charge in [0.15, 0.2) is 0 Å². The minimum Gasteiger partial charge on any atom is -0.396 e. The smallest absolute Gasteiger partial charge is 0.0474 e. The molecule has 8 heavy (non-hydrogen) atoms. The molecule has 0 spiro atoms. The van der Waals surface area contributed by atoms with Crippen LogP contribution in [0.1, 0.15) is 6.42 Å². The van der Waals surface area contributed by atoms with E-state index >= 15 is 0 Å². The third kappa shape index (κ3) is 1.01. The van der Waals surface area contributed by atoms with Crippen LogP contribution in [-0.4, -0.2) is 36.8 Å². The van der Waals surface area contributed by atoms with Gasteiger partial charge in [-0.1, -0.05) is 0 Å². The standard InChI is InChI=1S/C6H13NO/c1-7(2)6-3-5(6)4-8/h5-6,8H,3-4H2,1-2H3/t5-,6+/m0/s1. The fraction of sp³-hybridized carbons (Fsp3) is 1.00. The Balaban J connectivity index is 2.16. The first-order valence-corrected chi connectivity index (χ1v) is 3.03. The molecule has 0 heterocycles. The molecular formula is C6H13NO. The van der Waals surface area contributed by atoms with Gasteiger partial charge in [-0.3, -0.25) is 0 Å². The zero-order valence-corrected chi connectivity index (χ0v) is 5.46. The molecular weight excluding hydrogens is 102 g/mol. The summed E-state index contributed by atoms with van der Waals surface area (Å²) in [6, 6.07) is 0.667. The molecule has 0 aromatic rings. The quantitative estimate of drug-likeness (QED) is 0.544. The van der Waals surface area contributed by atoms with E-state index in [1.165, 1.54) is 6.42 Å². The zero-order valence-electron chi connectivity index (χ0n) is 5.46. The number of hydrogen-bond acceptors (Lipinski definition) is 2. The maximum Gasteiger partial charge on any atom is 0.0474 e. The fourth-order valence-corrected chi connectivity index (χ4v) is 1.06. The molecule has 1 N–H and O–H groups in total. The summed E-state index contributed by atoms with van der Waals surface area (Å²) < 4.78 is 0. The normalized spacial score (nSPS) is 36.0. The highest BCUT2D eigenvalue weighted by Gasteiger charge is 2.37. The number of nitrogens with zero attached hydrogens (tertiary/aromatic N) is 1. The molecule has 0 saturated heterocycles. The van der Waals surface area contributed by atoms with Crippen LogP contribution < -0.4 is 0 Å². The second kappa shape index (κ2) is 2.03. The molecule has 0 aromatic carbocycles. The second-order valence-electron chi connectivity index (χ2n) is 2.71. The van der Waals surface area contributed by atoms with Crippen LogP contribution >= 0.6 is 0 Å². The molecule has 0 aromatic heterocycles. The van der Waals surface area contributed by atoms with Crippen LogP contribution in [0.3, 0.4) is 0 Å². The van der Waals surface area contributed by atoms with Crippen LogP contribution in [0.4, 0.5) is 0 Å². The Morgan fingerprint density at radius 2 is 2.25 bits per heavy atom. The first-order valence-electron chi connectivity index (χ1n) is 3.03. The van der Waals surface area contributed by atoms with Gasteiger partial charge in [-0.05, 0) is 26.4 Å². The Kier molecular flexibility index (Phi) is 1.54. The molecule has 48 valence electrons. The summed E-state index contributed by atoms with van der Waals surface area (Å²) in [5.41, 5.74) is 0. The average Bonchev–Trinajstić information content (AvgIpc) is 2.42. The zero-order chi connectivity index (χ0) is 6.15. The van der Waals surface area contributed by atoms with Crippen molar-refractivity contribution >= 4 is 0 Å². The maximum absolute atomic E-state index is 8.60. The SMILES string of the molecule is CN(C)[C@@H]1C[C@H]1CO. The van der Waals surface area contributed by atoms with Crippen LogP contribution in [0.5, 0.6) is 0 Å². The van der Waals surface area contributed by atoms with Gasteiger partial charge in [-0.2, -0.15) is 0 Å². The first kappa shape index (κ1) is 6.05. The highest BCUT2D eigenvalue weighted by atomic mass is 16.3. The summed E-state index contributed by atoms with van der Waals surface area (Å²) in [5, 5.41) is 8.60. The summed E-state index contributed by atoms with van der Waals surface area (Å²) in [4.78, 5) is 2.17. The predicted molar refractivity (Wildman–Crippen MR) is 32.7 cm³/mol. The summed E-state index contributed by atoms with van der Waals surface area (Å²) in [6.45, 7) is 0.364. The molecule has 0 amide bonds. The van der Waals surface area contributed by atoms with Gasteiger partial charge in [0.2, 0.25) is 0 Å². The third-order valence-electron chi connectivity index (χ3n) is 1.78. The monoisotopic (exact) mass is 115 g/mol. The van der Waals surface area contributed by atoms with Crippen LogP contribution in [0, 0.1) is 5.92 Å². The molecule has 2 heteroatoms. The molecule has 2 nitrogen and oxygen atoms in total. The highest BCUT2D eigenvalue weighted by Crippen LogP contribution is 2.32. The van der Waals surface area contributed by atoms with Crippen molar-refractivity contribution in [3.8, 4) is 0 Å². The van der Waals surface area contributed by atoms with E-state index in [-0.39, 0.29) is 0 Å². The van der Waals surface area contributed by atoms with E-state index in [9.17, 15) is 0 Å². The molecule has 0 radical (unpaired) electrons. The van der Waals surface area contributed by atoms with E-state index < -0.39 is 0 Å². The van der Waals surface area contributed by atoms with Gasteiger partial charge < -0.3 is 10.0 Å². The topological polar surface area (TPSA) is 23.5 Å². The predicted octanol–water partition coefficient (Wildman–Crippen LogP) is -0.0712. The lowest BCUT2D eigenvalue weighted by Gasteiger charge is -2.06. The second-order valence-corrected chi connectivity index (χ2v) is 2.71. The minimum absolute atomic E-state index is 0.364. The fourth-order valence-electron chi connectivity index (χ4n) is 1.06. The maximum atomic E-state index is 8.60. The molecule has 0 bridgehead atoms. The Morgan fingerprint density at radius 1 is 1.62 bits per heavy atom. The van der Waals surface area contributed by atoms with Crippen LogP contribution in [-0.2, 0) is 0 Å². The van der Waals surface area contributed by atoms with Gasteiger partial charge in [0.25, 0.3) is 0 Å². The van der Waals surface area contributed by atoms with Gasteiger partial charge in [0.05, 0.1) is 0 Å². The highest BCUT2D eigenvalue weighted by molar-refractivity contribution is 4.91. The Morgan fingerprint density at radius 3 is 2.38 bits per heavy atom. The van der Waals surface area contributed by atoms with E-state index in [4.69, 9.17) is 5.11 Å². The Bertz CT molecular complexity index is 82.6. The molecule has 1 aliphatic carbocycles. The van der Waals surface area contributed by atoms with Crippen LogP contribution in [0.25, 0.3) is 0 Å². The number of aliphatic hydroxyl groups excluding tert-OH is 1. The molecule has 1 fully saturated rings. The van der Waals surface area contributed by atoms with E-state index in [1.54, 1.807) is 0 Å². The van der Waals surface area contributed by atoms with E-state index in [0.717, 1.165) is 0 Å². The van der Waals surface area contributed by atoms with Gasteiger partial charge in [-0.25, -0.2) is 0 Å². The largest absolute Gasteiger partial charge is 0.396 e. The summed E-state index contributed by atoms with van der Waals surface area (Å²) >= 11 is 0. The van der Waals surface area contributed by atoms with Crippen molar-refractivity contribution in [3.05, 3.63) is 0 Å². The van der Waals surface area contributed by atoms with E-state index in [0.29, 0.717) is 18.6 Å². The number of rotatable bonds is 2. The van der Waals surface area contributed by atoms with Gasteiger partial charge in [0.1, 0.15) is 0 Å². The third-order valence-corrected chi connectivity index (χ3v) is 1.78. The first-order chi connectivity index (χ1) is 3.75. The van der Waals surface area contributed by atoms with Crippen molar-refractivity contribution in [1.29, 1.82) is 0 Å². The van der Waals surface area contributed by atoms with Crippen molar-refractivity contribution in [2.24, 2.45) is 5.92 Å². The van der Waals surface area contributed by atoms with Crippen molar-refractivity contribution in [2.75, 3.05) is 20.7 Å². The van der Waals surface area contributed by atoms with Crippen molar-refractivity contribution < 1.29 is 5.11 Å². The van der Waals surface area contributed by atoms with Crippen LogP contribution in [0.2, 0.25) is 0 Å². The molecule has 2 atom stereocenters. The van der Waals surface area contributed by atoms with E-state index in [2.05, 4.69) is 19.0 Å². The van der Waals surface area contributed by atoms with Crippen molar-refractivity contribution in [1.82, 2.24) is 4.90 Å². The minimum atomic E-state index is 0.364. The Hall–Kier alpha value is -0.0800. The summed E-state index contributed by atoms with van der Waals surface area (Å²) in [6.07, 6.45) is 1.18. The lowest BCUT2D eigenvalue weighted by molar-refractivity contribution is 0.253. The molecule has 0 unspecified atom stereocenters. The molecule has 1 saturated carbocycles. The summed E-state index contributed by atoms with van der Waals surface area (Å²) in [7, 11) is 4.11. The lowest BCUT2D eigenvalue weighted by Crippen LogP contribution is -2.16. The lowest BCUT2D eigenvalue weighted by atomic mass is 10.4. The molecule has 1 aliphatic rings. The van der Waals surface area contributed by atoms with Crippen molar-refractivity contribution in [2.45, 2.75) is 12.5 Å². The molecule has 0 aliphatic heterocycles. The van der Waals surface area contributed by atoms with Crippen molar-refractivity contribution in [3.63, 3.8) is 0 Å². The Labute approximate surface area is 50.1 Å². The van der Waals surface area contributed by atoms with Gasteiger partial charge in [0, 0.05) is 12.6 Å². The number of aliphatic hydroxyl groups is 1. The number of hydrogen-bond donors (Lipinski definition) is 1. The summed E-state index contributed by atoms with van der Waals surface area (Å²) in [5.74, 6) is 0.574. The van der Waals surface area contributed by atoms with Gasteiger partial charge in [-0.15, -0.1) is 0 Å². The molecule has 1 rings (SSSR count). The average molecular weight is 115 g/mol.